The van der Waals surface area contributed by atoms with Gasteiger partial charge in [-0.05, 0) is 31.3 Å². The molecule has 0 N–H and O–H groups in total. The van der Waals surface area contributed by atoms with Crippen LogP contribution in [0.3, 0.4) is 0 Å². The van der Waals surface area contributed by atoms with E-state index < -0.39 is 0 Å². The predicted molar refractivity (Wildman–Crippen MR) is 71.3 cm³/mol. The Kier molecular flexibility index (Phi) is 3.11. The van der Waals surface area contributed by atoms with Crippen molar-refractivity contribution >= 4 is 17.2 Å². The summed E-state index contributed by atoms with van der Waals surface area (Å²) in [5.41, 5.74) is 0.269. The number of likely N-dealkylation sites (tertiary alicyclic amines) is 2. The van der Waals surface area contributed by atoms with Crippen molar-refractivity contribution in [3.05, 3.63) is 16.6 Å². The number of aromatic nitrogens is 1. The van der Waals surface area contributed by atoms with Gasteiger partial charge in [-0.1, -0.05) is 0 Å². The van der Waals surface area contributed by atoms with Crippen LogP contribution in [0.25, 0.3) is 0 Å². The second-order valence-electron chi connectivity index (χ2n) is 5.63. The topological polar surface area (TPSA) is 36.4 Å². The molecule has 0 radical (unpaired) electrons. The molecule has 18 heavy (non-hydrogen) atoms. The third-order valence-electron chi connectivity index (χ3n) is 4.28. The maximum Gasteiger partial charge on any atom is 0.222 e. The van der Waals surface area contributed by atoms with E-state index in [9.17, 15) is 4.79 Å². The molecule has 2 saturated heterocycles. The van der Waals surface area contributed by atoms with E-state index in [1.165, 1.54) is 5.01 Å². The Morgan fingerprint density at radius 1 is 1.44 bits per heavy atom. The first kappa shape index (κ1) is 12.1. The molecule has 3 rings (SSSR count). The van der Waals surface area contributed by atoms with Crippen LogP contribution >= 0.6 is 11.3 Å². The monoisotopic (exact) mass is 265 g/mol. The Bertz CT molecular complexity index is 423. The molecule has 5 heteroatoms. The Hall–Kier alpha value is -0.940. The van der Waals surface area contributed by atoms with Crippen LogP contribution in [-0.2, 0) is 11.3 Å². The van der Waals surface area contributed by atoms with Crippen LogP contribution in [0.4, 0.5) is 0 Å². The summed E-state index contributed by atoms with van der Waals surface area (Å²) in [5, 5.41) is 3.23. The number of carbonyl (C=O) groups excluding carboxylic acids is 1. The van der Waals surface area contributed by atoms with Crippen LogP contribution < -0.4 is 0 Å². The van der Waals surface area contributed by atoms with E-state index >= 15 is 0 Å². The van der Waals surface area contributed by atoms with Crippen molar-refractivity contribution in [1.29, 1.82) is 0 Å². The zero-order valence-electron chi connectivity index (χ0n) is 10.8. The molecule has 0 aromatic carbocycles. The number of piperidine rings is 1. The largest absolute Gasteiger partial charge is 0.345 e. The maximum absolute atomic E-state index is 11.7. The molecule has 2 aliphatic heterocycles. The highest BCUT2D eigenvalue weighted by Gasteiger charge is 2.43. The number of hydrogen-bond donors (Lipinski definition) is 0. The maximum atomic E-state index is 11.7. The van der Waals surface area contributed by atoms with Crippen LogP contribution in [-0.4, -0.2) is 47.4 Å². The Balaban J connectivity index is 1.57. The second kappa shape index (κ2) is 4.63. The standard InChI is InChI=1S/C13H19N3OS/c1-15-10-13(8-12(15)17)2-5-16(6-3-13)9-11-14-4-7-18-11/h4,7H,2-3,5-6,8-10H2,1H3. The molecule has 4 nitrogen and oxygen atoms in total. The second-order valence-corrected chi connectivity index (χ2v) is 6.61. The molecule has 0 bridgehead atoms. The first-order chi connectivity index (χ1) is 8.67. The first-order valence-corrected chi connectivity index (χ1v) is 7.40. The molecule has 1 spiro atoms. The first-order valence-electron chi connectivity index (χ1n) is 6.52. The minimum absolute atomic E-state index is 0.269. The van der Waals surface area contributed by atoms with Gasteiger partial charge in [-0.15, -0.1) is 11.3 Å². The van der Waals surface area contributed by atoms with Gasteiger partial charge >= 0.3 is 0 Å². The zero-order valence-corrected chi connectivity index (χ0v) is 11.6. The summed E-state index contributed by atoms with van der Waals surface area (Å²) in [6.45, 7) is 4.12. The Labute approximate surface area is 112 Å². The van der Waals surface area contributed by atoms with E-state index in [1.54, 1.807) is 11.3 Å². The van der Waals surface area contributed by atoms with Gasteiger partial charge in [0.25, 0.3) is 0 Å². The van der Waals surface area contributed by atoms with Crippen LogP contribution in [0.5, 0.6) is 0 Å². The fourth-order valence-electron chi connectivity index (χ4n) is 3.15. The molecule has 1 aromatic rings. The molecule has 2 aliphatic rings. The Morgan fingerprint density at radius 3 is 2.78 bits per heavy atom. The van der Waals surface area contributed by atoms with Crippen molar-refractivity contribution in [3.63, 3.8) is 0 Å². The molecule has 98 valence electrons. The van der Waals surface area contributed by atoms with Gasteiger partial charge in [0.15, 0.2) is 0 Å². The summed E-state index contributed by atoms with van der Waals surface area (Å²) in [6.07, 6.45) is 4.92. The molecule has 0 unspecified atom stereocenters. The van der Waals surface area contributed by atoms with Crippen LogP contribution in [0.2, 0.25) is 0 Å². The van der Waals surface area contributed by atoms with Gasteiger partial charge in [0.05, 0.1) is 6.54 Å². The zero-order chi connectivity index (χ0) is 12.6. The lowest BCUT2D eigenvalue weighted by atomic mass is 9.77. The highest BCUT2D eigenvalue weighted by Crippen LogP contribution is 2.40. The van der Waals surface area contributed by atoms with E-state index in [-0.39, 0.29) is 5.41 Å². The highest BCUT2D eigenvalue weighted by atomic mass is 32.1. The predicted octanol–water partition coefficient (Wildman–Crippen LogP) is 1.59. The highest BCUT2D eigenvalue weighted by molar-refractivity contribution is 7.09. The number of amides is 1. The van der Waals surface area contributed by atoms with Crippen molar-refractivity contribution in [2.45, 2.75) is 25.8 Å². The molecule has 0 aliphatic carbocycles. The molecule has 1 amide bonds. The van der Waals surface area contributed by atoms with Crippen LogP contribution in [0, 0.1) is 5.41 Å². The third kappa shape index (κ3) is 2.29. The molecule has 1 aromatic heterocycles. The number of rotatable bonds is 2. The van der Waals surface area contributed by atoms with E-state index in [0.29, 0.717) is 5.91 Å². The van der Waals surface area contributed by atoms with E-state index in [2.05, 4.69) is 9.88 Å². The van der Waals surface area contributed by atoms with E-state index in [4.69, 9.17) is 0 Å². The van der Waals surface area contributed by atoms with Gasteiger partial charge in [-0.3, -0.25) is 9.69 Å². The molecule has 2 fully saturated rings. The third-order valence-corrected chi connectivity index (χ3v) is 5.05. The van der Waals surface area contributed by atoms with Gasteiger partial charge in [0.1, 0.15) is 5.01 Å². The quantitative estimate of drug-likeness (QED) is 0.815. The van der Waals surface area contributed by atoms with Crippen molar-refractivity contribution in [2.24, 2.45) is 5.41 Å². The average molecular weight is 265 g/mol. The van der Waals surface area contributed by atoms with Crippen LogP contribution in [0.1, 0.15) is 24.3 Å². The van der Waals surface area contributed by atoms with Crippen molar-refractivity contribution < 1.29 is 4.79 Å². The average Bonchev–Trinajstić information content (AvgIpc) is 2.93. The van der Waals surface area contributed by atoms with Gasteiger partial charge in [0.2, 0.25) is 5.91 Å². The summed E-state index contributed by atoms with van der Waals surface area (Å²) < 4.78 is 0. The summed E-state index contributed by atoms with van der Waals surface area (Å²) in [6, 6.07) is 0. The minimum atomic E-state index is 0.269. The smallest absolute Gasteiger partial charge is 0.222 e. The summed E-state index contributed by atoms with van der Waals surface area (Å²) in [7, 11) is 1.93. The van der Waals surface area contributed by atoms with Crippen molar-refractivity contribution in [1.82, 2.24) is 14.8 Å². The fraction of sp³-hybridized carbons (Fsp3) is 0.692. The molecular formula is C13H19N3OS. The van der Waals surface area contributed by atoms with Gasteiger partial charge in [-0.2, -0.15) is 0 Å². The van der Waals surface area contributed by atoms with E-state index in [0.717, 1.165) is 45.4 Å². The van der Waals surface area contributed by atoms with E-state index in [1.807, 2.05) is 23.5 Å². The minimum Gasteiger partial charge on any atom is -0.345 e. The Morgan fingerprint density at radius 2 is 2.22 bits per heavy atom. The number of thiazole rings is 1. The van der Waals surface area contributed by atoms with Crippen molar-refractivity contribution in [3.8, 4) is 0 Å². The molecule has 3 heterocycles. The van der Waals surface area contributed by atoms with Crippen LogP contribution in [0.15, 0.2) is 11.6 Å². The van der Waals surface area contributed by atoms with Crippen molar-refractivity contribution in [2.75, 3.05) is 26.7 Å². The number of hydrogen-bond acceptors (Lipinski definition) is 4. The lowest BCUT2D eigenvalue weighted by Gasteiger charge is -2.38. The van der Waals surface area contributed by atoms with Gasteiger partial charge in [-0.25, -0.2) is 4.98 Å². The normalized spacial score (nSPS) is 24.1. The fourth-order valence-corrected chi connectivity index (χ4v) is 3.80. The lowest BCUT2D eigenvalue weighted by molar-refractivity contribution is -0.126. The summed E-state index contributed by atoms with van der Waals surface area (Å²) in [4.78, 5) is 20.4. The molecular weight excluding hydrogens is 246 g/mol. The lowest BCUT2D eigenvalue weighted by Crippen LogP contribution is -2.40. The summed E-state index contributed by atoms with van der Waals surface area (Å²) >= 11 is 1.73. The molecule has 0 atom stereocenters. The number of nitrogens with zero attached hydrogens (tertiary/aromatic N) is 3. The SMILES string of the molecule is CN1CC2(CCN(Cc3nccs3)CC2)CC1=O. The molecule has 0 saturated carbocycles. The van der Waals surface area contributed by atoms with Gasteiger partial charge in [0, 0.05) is 31.6 Å². The number of carbonyl (C=O) groups is 1. The summed E-state index contributed by atoms with van der Waals surface area (Å²) in [5.74, 6) is 0.323. The van der Waals surface area contributed by atoms with Gasteiger partial charge < -0.3 is 4.90 Å².